The zero-order valence-corrected chi connectivity index (χ0v) is 9.08. The zero-order chi connectivity index (χ0) is 9.88. The quantitative estimate of drug-likeness (QED) is 0.745. The number of aromatic nitrogens is 2. The van der Waals surface area contributed by atoms with Gasteiger partial charge >= 0.3 is 0 Å². The minimum atomic E-state index is 0.530. The first-order valence-electron chi connectivity index (χ1n) is 6.33. The maximum absolute atomic E-state index is 4.15. The predicted molar refractivity (Wildman–Crippen MR) is 58.4 cm³/mol. The van der Waals surface area contributed by atoms with Crippen molar-refractivity contribution in [2.24, 2.45) is 17.8 Å². The molecule has 4 fully saturated rings. The molecule has 4 aliphatic carbocycles. The van der Waals surface area contributed by atoms with Crippen LogP contribution in [0, 0.1) is 17.8 Å². The van der Waals surface area contributed by atoms with Gasteiger partial charge in [0.2, 0.25) is 0 Å². The normalized spacial score (nSPS) is 47.3. The van der Waals surface area contributed by atoms with Crippen LogP contribution in [0.5, 0.6) is 0 Å². The van der Waals surface area contributed by atoms with Crippen molar-refractivity contribution in [3.63, 3.8) is 0 Å². The minimum Gasteiger partial charge on any atom is -0.285 e. The standard InChI is InChI=1S/C13H18N2/c1-9-2-11-3-10(1)5-13(4-9,6-11)12-7-14-15-8-12/h7-11H,1-6H2,(H,14,15). The van der Waals surface area contributed by atoms with Crippen molar-refractivity contribution in [2.45, 2.75) is 43.9 Å². The van der Waals surface area contributed by atoms with Gasteiger partial charge in [-0.05, 0) is 67.3 Å². The van der Waals surface area contributed by atoms with Crippen LogP contribution in [0.4, 0.5) is 0 Å². The van der Waals surface area contributed by atoms with E-state index < -0.39 is 0 Å². The highest BCUT2D eigenvalue weighted by molar-refractivity contribution is 5.24. The van der Waals surface area contributed by atoms with E-state index in [1.807, 2.05) is 0 Å². The molecule has 15 heavy (non-hydrogen) atoms. The van der Waals surface area contributed by atoms with E-state index in [2.05, 4.69) is 22.6 Å². The average Bonchev–Trinajstić information content (AvgIpc) is 2.67. The molecular weight excluding hydrogens is 184 g/mol. The molecule has 0 radical (unpaired) electrons. The largest absolute Gasteiger partial charge is 0.285 e. The van der Waals surface area contributed by atoms with Crippen LogP contribution in [0.25, 0.3) is 0 Å². The third kappa shape index (κ3) is 1.08. The Morgan fingerprint density at radius 3 is 2.13 bits per heavy atom. The fourth-order valence-corrected chi connectivity index (χ4v) is 5.01. The number of rotatable bonds is 1. The lowest BCUT2D eigenvalue weighted by atomic mass is 9.48. The Labute approximate surface area is 90.5 Å². The van der Waals surface area contributed by atoms with Crippen LogP contribution >= 0.6 is 0 Å². The van der Waals surface area contributed by atoms with Crippen LogP contribution in [0.15, 0.2) is 12.4 Å². The predicted octanol–water partition coefficient (Wildman–Crippen LogP) is 2.88. The fourth-order valence-electron chi connectivity index (χ4n) is 5.01. The van der Waals surface area contributed by atoms with Gasteiger partial charge in [-0.3, -0.25) is 5.10 Å². The van der Waals surface area contributed by atoms with E-state index in [0.29, 0.717) is 5.41 Å². The maximum atomic E-state index is 4.15. The van der Waals surface area contributed by atoms with E-state index in [1.165, 1.54) is 44.1 Å². The Morgan fingerprint density at radius 1 is 1.07 bits per heavy atom. The monoisotopic (exact) mass is 202 g/mol. The molecule has 1 N–H and O–H groups in total. The molecule has 2 nitrogen and oxygen atoms in total. The van der Waals surface area contributed by atoms with Gasteiger partial charge in [-0.25, -0.2) is 0 Å². The van der Waals surface area contributed by atoms with Crippen LogP contribution in [-0.2, 0) is 5.41 Å². The maximum Gasteiger partial charge on any atom is 0.0524 e. The van der Waals surface area contributed by atoms with Crippen molar-refractivity contribution in [3.05, 3.63) is 18.0 Å². The second kappa shape index (κ2) is 2.66. The molecule has 0 aliphatic heterocycles. The molecule has 80 valence electrons. The molecule has 4 saturated carbocycles. The topological polar surface area (TPSA) is 28.7 Å². The Hall–Kier alpha value is -0.790. The Morgan fingerprint density at radius 2 is 1.67 bits per heavy atom. The molecule has 1 aromatic heterocycles. The van der Waals surface area contributed by atoms with Gasteiger partial charge in [-0.1, -0.05) is 0 Å². The van der Waals surface area contributed by atoms with Gasteiger partial charge in [-0.2, -0.15) is 5.10 Å². The third-order valence-electron chi connectivity index (χ3n) is 5.15. The summed E-state index contributed by atoms with van der Waals surface area (Å²) in [7, 11) is 0. The molecule has 0 unspecified atom stereocenters. The van der Waals surface area contributed by atoms with E-state index in [1.54, 1.807) is 0 Å². The average molecular weight is 202 g/mol. The smallest absolute Gasteiger partial charge is 0.0524 e. The van der Waals surface area contributed by atoms with E-state index in [4.69, 9.17) is 0 Å². The molecule has 4 bridgehead atoms. The van der Waals surface area contributed by atoms with E-state index >= 15 is 0 Å². The summed E-state index contributed by atoms with van der Waals surface area (Å²) in [6, 6.07) is 0. The van der Waals surface area contributed by atoms with E-state index in [0.717, 1.165) is 17.8 Å². The molecular formula is C13H18N2. The molecule has 0 saturated heterocycles. The number of H-pyrrole nitrogens is 1. The first kappa shape index (κ1) is 8.37. The lowest BCUT2D eigenvalue weighted by molar-refractivity contribution is -0.00517. The lowest BCUT2D eigenvalue weighted by Gasteiger charge is -2.56. The summed E-state index contributed by atoms with van der Waals surface area (Å²) in [5, 5.41) is 7.16. The van der Waals surface area contributed by atoms with Crippen LogP contribution in [0.1, 0.15) is 44.1 Å². The molecule has 0 atom stereocenters. The molecule has 0 aromatic carbocycles. The Kier molecular flexibility index (Phi) is 1.48. The molecule has 1 heterocycles. The summed E-state index contributed by atoms with van der Waals surface area (Å²) in [4.78, 5) is 0. The van der Waals surface area contributed by atoms with E-state index in [-0.39, 0.29) is 0 Å². The van der Waals surface area contributed by atoms with Gasteiger partial charge in [0.15, 0.2) is 0 Å². The number of hydrogen-bond acceptors (Lipinski definition) is 1. The van der Waals surface area contributed by atoms with Gasteiger partial charge in [0, 0.05) is 6.20 Å². The van der Waals surface area contributed by atoms with Crippen molar-refractivity contribution < 1.29 is 0 Å². The van der Waals surface area contributed by atoms with Crippen molar-refractivity contribution in [1.82, 2.24) is 10.2 Å². The highest BCUT2D eigenvalue weighted by Crippen LogP contribution is 2.60. The number of hydrogen-bond donors (Lipinski definition) is 1. The third-order valence-corrected chi connectivity index (χ3v) is 5.15. The highest BCUT2D eigenvalue weighted by atomic mass is 15.1. The van der Waals surface area contributed by atoms with Crippen LogP contribution in [-0.4, -0.2) is 10.2 Å². The molecule has 0 amide bonds. The van der Waals surface area contributed by atoms with Gasteiger partial charge < -0.3 is 0 Å². The summed E-state index contributed by atoms with van der Waals surface area (Å²) in [6.45, 7) is 0. The summed E-state index contributed by atoms with van der Waals surface area (Å²) >= 11 is 0. The molecule has 1 aromatic rings. The number of nitrogens with zero attached hydrogens (tertiary/aromatic N) is 1. The summed E-state index contributed by atoms with van der Waals surface area (Å²) in [6.07, 6.45) is 13.1. The van der Waals surface area contributed by atoms with Gasteiger partial charge in [-0.15, -0.1) is 0 Å². The first-order chi connectivity index (χ1) is 7.34. The van der Waals surface area contributed by atoms with Crippen molar-refractivity contribution in [2.75, 3.05) is 0 Å². The van der Waals surface area contributed by atoms with Gasteiger partial charge in [0.05, 0.1) is 6.20 Å². The van der Waals surface area contributed by atoms with Crippen molar-refractivity contribution in [1.29, 1.82) is 0 Å². The lowest BCUT2D eigenvalue weighted by Crippen LogP contribution is -2.48. The summed E-state index contributed by atoms with van der Waals surface area (Å²) in [5.41, 5.74) is 2.03. The van der Waals surface area contributed by atoms with Crippen molar-refractivity contribution >= 4 is 0 Å². The fraction of sp³-hybridized carbons (Fsp3) is 0.769. The van der Waals surface area contributed by atoms with Crippen molar-refractivity contribution in [3.8, 4) is 0 Å². The van der Waals surface area contributed by atoms with Crippen LogP contribution in [0.2, 0.25) is 0 Å². The SMILES string of the molecule is c1n[nH]cc1C12CC3CC(CC(C3)C1)C2. The number of nitrogens with one attached hydrogen (secondary N) is 1. The van der Waals surface area contributed by atoms with Gasteiger partial charge in [0.1, 0.15) is 0 Å². The summed E-state index contributed by atoms with van der Waals surface area (Å²) < 4.78 is 0. The molecule has 4 aliphatic rings. The Balaban J connectivity index is 1.77. The molecule has 0 spiro atoms. The summed E-state index contributed by atoms with van der Waals surface area (Å²) in [5.74, 6) is 3.10. The van der Waals surface area contributed by atoms with Gasteiger partial charge in [0.25, 0.3) is 0 Å². The zero-order valence-electron chi connectivity index (χ0n) is 9.08. The van der Waals surface area contributed by atoms with Crippen LogP contribution < -0.4 is 0 Å². The second-order valence-corrected chi connectivity index (χ2v) is 6.18. The highest BCUT2D eigenvalue weighted by Gasteiger charge is 2.51. The number of aromatic amines is 1. The Bertz CT molecular complexity index is 331. The first-order valence-corrected chi connectivity index (χ1v) is 6.33. The van der Waals surface area contributed by atoms with Crippen LogP contribution in [0.3, 0.4) is 0 Å². The van der Waals surface area contributed by atoms with E-state index in [9.17, 15) is 0 Å². The second-order valence-electron chi connectivity index (χ2n) is 6.18. The molecule has 5 rings (SSSR count). The minimum absolute atomic E-state index is 0.530. The molecule has 2 heteroatoms.